The Labute approximate surface area is 186 Å². The molecule has 0 unspecified atom stereocenters. The minimum Gasteiger partial charge on any atom is -0.482 e. The maximum absolute atomic E-state index is 12.5. The molecule has 0 radical (unpaired) electrons. The van der Waals surface area contributed by atoms with Crippen LogP contribution < -0.4 is 15.6 Å². The van der Waals surface area contributed by atoms with Crippen LogP contribution >= 0.6 is 11.6 Å². The molecule has 0 heterocycles. The number of benzene rings is 2. The molecule has 0 aliphatic heterocycles. The maximum Gasteiger partial charge on any atom is 0.276 e. The predicted octanol–water partition coefficient (Wildman–Crippen LogP) is 2.61. The van der Waals surface area contributed by atoms with Crippen LogP contribution in [0.15, 0.2) is 59.5 Å². The molecule has 166 valence electrons. The quantitative estimate of drug-likeness (QED) is 0.437. The Hall–Kier alpha value is -2.88. The van der Waals surface area contributed by atoms with E-state index in [9.17, 15) is 18.0 Å². The summed E-state index contributed by atoms with van der Waals surface area (Å²) in [5.74, 6) is -0.768. The molecule has 0 aliphatic rings. The molecule has 8 nitrogen and oxygen atoms in total. The van der Waals surface area contributed by atoms with Crippen LogP contribution in [-0.2, 0) is 19.6 Å². The second-order valence-electron chi connectivity index (χ2n) is 6.25. The molecule has 0 saturated heterocycles. The van der Waals surface area contributed by atoms with E-state index in [-0.39, 0.29) is 11.5 Å². The number of carbonyl (C=O) groups is 2. The van der Waals surface area contributed by atoms with Gasteiger partial charge in [0, 0.05) is 19.2 Å². The summed E-state index contributed by atoms with van der Waals surface area (Å²) in [7, 11) is -3.53. The fraction of sp³-hybridized carbons (Fsp3) is 0.238. The second-order valence-corrected chi connectivity index (χ2v) is 8.59. The molecule has 0 spiro atoms. The Morgan fingerprint density at radius 1 is 1.03 bits per heavy atom. The van der Waals surface area contributed by atoms with Gasteiger partial charge in [-0.2, -0.15) is 4.31 Å². The molecule has 0 atom stereocenters. The van der Waals surface area contributed by atoms with Gasteiger partial charge in [-0.15, -0.1) is 0 Å². The lowest BCUT2D eigenvalue weighted by atomic mass is 10.2. The van der Waals surface area contributed by atoms with Gasteiger partial charge in [0.25, 0.3) is 11.8 Å². The van der Waals surface area contributed by atoms with E-state index in [0.717, 1.165) is 0 Å². The largest absolute Gasteiger partial charge is 0.482 e. The molecule has 0 bridgehead atoms. The second kappa shape index (κ2) is 11.5. The van der Waals surface area contributed by atoms with Crippen molar-refractivity contribution >= 4 is 39.5 Å². The number of sulfonamides is 1. The van der Waals surface area contributed by atoms with Gasteiger partial charge in [-0.3, -0.25) is 20.4 Å². The standard InChI is InChI=1S/C21H24ClN3O5S/c1-3-25(4-2)31(28,29)17-12-9-16(10-13-17)11-14-20(26)23-24-21(27)15-30-19-8-6-5-7-18(19)22/h5-14H,3-4,15H2,1-2H3,(H,23,26)(H,24,27). The zero-order valence-corrected chi connectivity index (χ0v) is 18.7. The first-order valence-electron chi connectivity index (χ1n) is 9.52. The van der Waals surface area contributed by atoms with Gasteiger partial charge in [0.05, 0.1) is 9.92 Å². The van der Waals surface area contributed by atoms with E-state index in [4.69, 9.17) is 16.3 Å². The SMILES string of the molecule is CCN(CC)S(=O)(=O)c1ccc(C=CC(=O)NNC(=O)COc2ccccc2Cl)cc1. The Balaban J connectivity index is 1.84. The van der Waals surface area contributed by atoms with Gasteiger partial charge in [0.15, 0.2) is 6.61 Å². The normalized spacial score (nSPS) is 11.5. The van der Waals surface area contributed by atoms with Crippen molar-refractivity contribution in [1.29, 1.82) is 0 Å². The lowest BCUT2D eigenvalue weighted by Crippen LogP contribution is -2.43. The highest BCUT2D eigenvalue weighted by Gasteiger charge is 2.20. The van der Waals surface area contributed by atoms with E-state index in [2.05, 4.69) is 10.9 Å². The van der Waals surface area contributed by atoms with Crippen LogP contribution in [-0.4, -0.2) is 44.2 Å². The Kier molecular flexibility index (Phi) is 9.04. The molecule has 2 N–H and O–H groups in total. The molecule has 10 heteroatoms. The fourth-order valence-electron chi connectivity index (χ4n) is 2.55. The molecule has 2 amide bonds. The third kappa shape index (κ3) is 7.09. The van der Waals surface area contributed by atoms with Crippen molar-refractivity contribution in [2.24, 2.45) is 0 Å². The van der Waals surface area contributed by atoms with Gasteiger partial charge < -0.3 is 4.74 Å². The molecule has 2 aromatic carbocycles. The Morgan fingerprint density at radius 2 is 1.68 bits per heavy atom. The summed E-state index contributed by atoms with van der Waals surface area (Å²) in [5.41, 5.74) is 5.08. The van der Waals surface area contributed by atoms with Gasteiger partial charge in [-0.25, -0.2) is 8.42 Å². The highest BCUT2D eigenvalue weighted by Crippen LogP contribution is 2.22. The van der Waals surface area contributed by atoms with E-state index in [1.54, 1.807) is 50.2 Å². The van der Waals surface area contributed by atoms with Gasteiger partial charge >= 0.3 is 0 Å². The minimum atomic E-state index is -3.53. The summed E-state index contributed by atoms with van der Waals surface area (Å²) in [6, 6.07) is 12.9. The number of ether oxygens (including phenoxy) is 1. The first kappa shape index (κ1) is 24.4. The van der Waals surface area contributed by atoms with E-state index < -0.39 is 21.8 Å². The summed E-state index contributed by atoms with van der Waals surface area (Å²) in [6.45, 7) is 4.00. The fourth-order valence-corrected chi connectivity index (χ4v) is 4.20. The van der Waals surface area contributed by atoms with Crippen molar-refractivity contribution in [3.63, 3.8) is 0 Å². The van der Waals surface area contributed by atoms with Crippen molar-refractivity contribution in [3.05, 3.63) is 65.2 Å². The summed E-state index contributed by atoms with van der Waals surface area (Å²) < 4.78 is 31.6. The number of para-hydroxylation sites is 1. The Bertz CT molecular complexity index is 1040. The smallest absolute Gasteiger partial charge is 0.276 e. The van der Waals surface area contributed by atoms with Crippen LogP contribution in [0, 0.1) is 0 Å². The number of halogens is 1. The minimum absolute atomic E-state index is 0.184. The molecular weight excluding hydrogens is 442 g/mol. The lowest BCUT2D eigenvalue weighted by molar-refractivity contribution is -0.128. The predicted molar refractivity (Wildman–Crippen MR) is 119 cm³/mol. The van der Waals surface area contributed by atoms with Gasteiger partial charge in [0.2, 0.25) is 10.0 Å². The topological polar surface area (TPSA) is 105 Å². The highest BCUT2D eigenvalue weighted by atomic mass is 35.5. The summed E-state index contributed by atoms with van der Waals surface area (Å²) >= 11 is 5.93. The molecule has 0 aromatic heterocycles. The number of amides is 2. The van der Waals surface area contributed by atoms with E-state index in [1.165, 1.54) is 28.6 Å². The average molecular weight is 466 g/mol. The summed E-state index contributed by atoms with van der Waals surface area (Å²) in [6.07, 6.45) is 2.71. The van der Waals surface area contributed by atoms with Crippen LogP contribution in [0.1, 0.15) is 19.4 Å². The van der Waals surface area contributed by atoms with Gasteiger partial charge in [-0.1, -0.05) is 49.7 Å². The zero-order valence-electron chi connectivity index (χ0n) is 17.2. The average Bonchev–Trinajstić information content (AvgIpc) is 2.76. The number of nitrogens with one attached hydrogen (secondary N) is 2. The summed E-state index contributed by atoms with van der Waals surface area (Å²) in [5, 5.41) is 0.373. The van der Waals surface area contributed by atoms with Crippen molar-refractivity contribution in [1.82, 2.24) is 15.2 Å². The molecule has 0 saturated carbocycles. The first-order chi connectivity index (χ1) is 14.8. The highest BCUT2D eigenvalue weighted by molar-refractivity contribution is 7.89. The summed E-state index contributed by atoms with van der Waals surface area (Å²) in [4.78, 5) is 23.8. The Morgan fingerprint density at radius 3 is 2.29 bits per heavy atom. The molecule has 0 aliphatic carbocycles. The van der Waals surface area contributed by atoms with E-state index in [0.29, 0.717) is 29.4 Å². The van der Waals surface area contributed by atoms with Crippen LogP contribution in [0.5, 0.6) is 5.75 Å². The van der Waals surface area contributed by atoms with Crippen molar-refractivity contribution in [2.45, 2.75) is 18.7 Å². The van der Waals surface area contributed by atoms with Crippen LogP contribution in [0.25, 0.3) is 6.08 Å². The molecule has 0 fully saturated rings. The van der Waals surface area contributed by atoms with Gasteiger partial charge in [-0.05, 0) is 35.9 Å². The molecule has 2 rings (SSSR count). The number of hydrazine groups is 1. The maximum atomic E-state index is 12.5. The third-order valence-electron chi connectivity index (χ3n) is 4.17. The van der Waals surface area contributed by atoms with E-state index in [1.807, 2.05) is 0 Å². The monoisotopic (exact) mass is 465 g/mol. The number of hydrogen-bond donors (Lipinski definition) is 2. The van der Waals surface area contributed by atoms with Crippen LogP contribution in [0.4, 0.5) is 0 Å². The zero-order chi connectivity index (χ0) is 22.9. The van der Waals surface area contributed by atoms with E-state index >= 15 is 0 Å². The number of nitrogens with zero attached hydrogens (tertiary/aromatic N) is 1. The van der Waals surface area contributed by atoms with Gasteiger partial charge in [0.1, 0.15) is 5.75 Å². The lowest BCUT2D eigenvalue weighted by Gasteiger charge is -2.18. The third-order valence-corrected chi connectivity index (χ3v) is 6.55. The number of carbonyl (C=O) groups excluding carboxylic acids is 2. The van der Waals surface area contributed by atoms with Crippen molar-refractivity contribution < 1.29 is 22.7 Å². The number of rotatable bonds is 9. The van der Waals surface area contributed by atoms with Crippen LogP contribution in [0.2, 0.25) is 5.02 Å². The van der Waals surface area contributed by atoms with Crippen molar-refractivity contribution in [2.75, 3.05) is 19.7 Å². The van der Waals surface area contributed by atoms with Crippen LogP contribution in [0.3, 0.4) is 0 Å². The number of hydrogen-bond acceptors (Lipinski definition) is 5. The molecule has 31 heavy (non-hydrogen) atoms. The molecule has 2 aromatic rings. The van der Waals surface area contributed by atoms with Crippen molar-refractivity contribution in [3.8, 4) is 5.75 Å². The first-order valence-corrected chi connectivity index (χ1v) is 11.3. The molecular formula is C21H24ClN3O5S.